The maximum Gasteiger partial charge on any atom is 0.132 e. The quantitative estimate of drug-likeness (QED) is 0.503. The first kappa shape index (κ1) is 17.1. The highest BCUT2D eigenvalue weighted by molar-refractivity contribution is 6.30. The molecule has 5 heteroatoms. The molecule has 0 bridgehead atoms. The van der Waals surface area contributed by atoms with Crippen LogP contribution >= 0.6 is 23.2 Å². The Morgan fingerprint density at radius 2 is 1.46 bits per heavy atom. The van der Waals surface area contributed by atoms with Crippen molar-refractivity contribution in [3.8, 4) is 0 Å². The van der Waals surface area contributed by atoms with Gasteiger partial charge in [-0.05, 0) is 48.0 Å². The molecule has 2 nitrogen and oxygen atoms in total. The third-order valence-electron chi connectivity index (χ3n) is 4.44. The summed E-state index contributed by atoms with van der Waals surface area (Å²) >= 11 is 12.0. The van der Waals surface area contributed by atoms with E-state index < -0.39 is 0 Å². The number of rotatable bonds is 3. The minimum Gasteiger partial charge on any atom is -0.257 e. The molecule has 0 unspecified atom stereocenters. The van der Waals surface area contributed by atoms with Gasteiger partial charge >= 0.3 is 0 Å². The molecule has 0 spiro atoms. The van der Waals surface area contributed by atoms with Crippen molar-refractivity contribution in [2.75, 3.05) is 5.01 Å². The largest absolute Gasteiger partial charge is 0.257 e. The fourth-order valence-corrected chi connectivity index (χ4v) is 3.40. The van der Waals surface area contributed by atoms with Crippen molar-refractivity contribution < 1.29 is 4.39 Å². The Kier molecular flexibility index (Phi) is 4.66. The van der Waals surface area contributed by atoms with Crippen molar-refractivity contribution in [1.29, 1.82) is 0 Å². The summed E-state index contributed by atoms with van der Waals surface area (Å²) in [6, 6.07) is 21.9. The third-order valence-corrected chi connectivity index (χ3v) is 4.95. The lowest BCUT2D eigenvalue weighted by molar-refractivity contribution is 0.624. The summed E-state index contributed by atoms with van der Waals surface area (Å²) in [5, 5.41) is 7.99. The van der Waals surface area contributed by atoms with Crippen molar-refractivity contribution in [2.45, 2.75) is 12.5 Å². The second kappa shape index (κ2) is 7.10. The van der Waals surface area contributed by atoms with Crippen LogP contribution in [0, 0.1) is 5.82 Å². The fraction of sp³-hybridized carbons (Fsp3) is 0.0952. The van der Waals surface area contributed by atoms with Gasteiger partial charge < -0.3 is 0 Å². The van der Waals surface area contributed by atoms with Crippen molar-refractivity contribution in [3.63, 3.8) is 0 Å². The van der Waals surface area contributed by atoms with E-state index in [2.05, 4.69) is 0 Å². The summed E-state index contributed by atoms with van der Waals surface area (Å²) in [6.07, 6.45) is 0.602. The summed E-state index contributed by atoms with van der Waals surface area (Å²) in [5.41, 5.74) is 3.22. The molecule has 0 aromatic heterocycles. The van der Waals surface area contributed by atoms with Gasteiger partial charge in [0.15, 0.2) is 0 Å². The van der Waals surface area contributed by atoms with Gasteiger partial charge in [-0.15, -0.1) is 0 Å². The monoisotopic (exact) mass is 384 g/mol. The number of hydrazone groups is 1. The van der Waals surface area contributed by atoms with Crippen LogP contribution in [0.25, 0.3) is 0 Å². The Balaban J connectivity index is 1.77. The van der Waals surface area contributed by atoms with Crippen LogP contribution in [0.15, 0.2) is 77.9 Å². The van der Waals surface area contributed by atoms with Gasteiger partial charge in [-0.1, -0.05) is 53.5 Å². The average Bonchev–Trinajstić information content (AvgIpc) is 3.08. The number of nitrogens with zero attached hydrogens (tertiary/aromatic N) is 2. The molecule has 0 saturated carbocycles. The lowest BCUT2D eigenvalue weighted by Gasteiger charge is -2.24. The molecule has 3 aromatic carbocycles. The van der Waals surface area contributed by atoms with Crippen LogP contribution in [-0.4, -0.2) is 5.71 Å². The van der Waals surface area contributed by atoms with E-state index in [1.807, 2.05) is 59.6 Å². The smallest absolute Gasteiger partial charge is 0.132 e. The molecule has 1 heterocycles. The Labute approximate surface area is 161 Å². The number of hydrogen-bond donors (Lipinski definition) is 0. The van der Waals surface area contributed by atoms with Gasteiger partial charge in [0.05, 0.1) is 17.4 Å². The normalized spacial score (nSPS) is 16.7. The number of halogens is 3. The van der Waals surface area contributed by atoms with E-state index in [9.17, 15) is 4.39 Å². The molecule has 0 N–H and O–H groups in total. The van der Waals surface area contributed by atoms with Crippen LogP contribution < -0.4 is 5.01 Å². The molecule has 0 radical (unpaired) electrons. The van der Waals surface area contributed by atoms with E-state index in [0.717, 1.165) is 17.0 Å². The maximum atomic E-state index is 14.3. The Hall–Kier alpha value is -2.36. The predicted molar refractivity (Wildman–Crippen MR) is 106 cm³/mol. The minimum absolute atomic E-state index is 0.0388. The van der Waals surface area contributed by atoms with Crippen molar-refractivity contribution >= 4 is 34.6 Å². The molecular weight excluding hydrogens is 370 g/mol. The molecule has 0 amide bonds. The molecule has 4 rings (SSSR count). The summed E-state index contributed by atoms with van der Waals surface area (Å²) in [4.78, 5) is 0. The molecule has 130 valence electrons. The molecular formula is C21H15Cl2FN2. The van der Waals surface area contributed by atoms with Crippen LogP contribution in [0.2, 0.25) is 10.0 Å². The SMILES string of the molecule is Fc1ccccc1C1=NN(c2ccc(Cl)cc2)[C@@H](c2ccc(Cl)cc2)C1. The van der Waals surface area contributed by atoms with Gasteiger partial charge in [0.25, 0.3) is 0 Å². The van der Waals surface area contributed by atoms with Crippen molar-refractivity contribution in [3.05, 3.63) is 99.8 Å². The fourth-order valence-electron chi connectivity index (χ4n) is 3.14. The lowest BCUT2D eigenvalue weighted by atomic mass is 9.98. The van der Waals surface area contributed by atoms with Crippen LogP contribution in [0.4, 0.5) is 10.1 Å². The van der Waals surface area contributed by atoms with Crippen molar-refractivity contribution in [2.24, 2.45) is 5.10 Å². The Bertz CT molecular complexity index is 953. The van der Waals surface area contributed by atoms with Crippen LogP contribution in [0.1, 0.15) is 23.6 Å². The molecule has 1 aliphatic rings. The van der Waals surface area contributed by atoms with E-state index in [-0.39, 0.29) is 11.9 Å². The Morgan fingerprint density at radius 1 is 0.846 bits per heavy atom. The molecule has 1 atom stereocenters. The molecule has 0 saturated heterocycles. The van der Waals surface area contributed by atoms with Gasteiger partial charge in [-0.3, -0.25) is 5.01 Å². The third kappa shape index (κ3) is 3.33. The van der Waals surface area contributed by atoms with Gasteiger partial charge in [-0.25, -0.2) is 4.39 Å². The maximum absolute atomic E-state index is 14.3. The first-order valence-corrected chi connectivity index (χ1v) is 9.00. The van der Waals surface area contributed by atoms with Crippen LogP contribution in [0.3, 0.4) is 0 Å². The summed E-state index contributed by atoms with van der Waals surface area (Å²) in [5.74, 6) is -0.265. The zero-order valence-corrected chi connectivity index (χ0v) is 15.3. The molecule has 1 aliphatic heterocycles. The van der Waals surface area contributed by atoms with Crippen LogP contribution in [-0.2, 0) is 0 Å². The summed E-state index contributed by atoms with van der Waals surface area (Å²) in [6.45, 7) is 0. The second-order valence-electron chi connectivity index (χ2n) is 6.12. The predicted octanol–water partition coefficient (Wildman–Crippen LogP) is 6.49. The topological polar surface area (TPSA) is 15.6 Å². The van der Waals surface area contributed by atoms with E-state index >= 15 is 0 Å². The first-order valence-electron chi connectivity index (χ1n) is 8.24. The molecule has 3 aromatic rings. The molecule has 26 heavy (non-hydrogen) atoms. The van der Waals surface area contributed by atoms with Gasteiger partial charge in [0, 0.05) is 22.0 Å². The molecule has 0 fully saturated rings. The number of hydrogen-bond acceptors (Lipinski definition) is 2. The highest BCUT2D eigenvalue weighted by Gasteiger charge is 2.30. The second-order valence-corrected chi connectivity index (χ2v) is 6.99. The van der Waals surface area contributed by atoms with Gasteiger partial charge in [-0.2, -0.15) is 5.10 Å². The number of anilines is 1. The standard InChI is InChI=1S/C21H15Cl2FN2/c22-15-7-5-14(6-8-15)21-13-20(18-3-1-2-4-19(18)24)25-26(21)17-11-9-16(23)10-12-17/h1-12,21H,13H2/t21-/m1/s1. The van der Waals surface area contributed by atoms with Crippen molar-refractivity contribution in [1.82, 2.24) is 0 Å². The highest BCUT2D eigenvalue weighted by atomic mass is 35.5. The highest BCUT2D eigenvalue weighted by Crippen LogP contribution is 2.37. The first-order chi connectivity index (χ1) is 12.6. The van der Waals surface area contributed by atoms with E-state index in [1.165, 1.54) is 6.07 Å². The van der Waals surface area contributed by atoms with E-state index in [4.69, 9.17) is 28.3 Å². The Morgan fingerprint density at radius 3 is 2.12 bits per heavy atom. The lowest BCUT2D eigenvalue weighted by Crippen LogP contribution is -2.18. The van der Waals surface area contributed by atoms with E-state index in [0.29, 0.717) is 22.0 Å². The molecule has 0 aliphatic carbocycles. The number of benzene rings is 3. The zero-order chi connectivity index (χ0) is 18.1. The van der Waals surface area contributed by atoms with Gasteiger partial charge in [0.1, 0.15) is 5.82 Å². The minimum atomic E-state index is -0.265. The zero-order valence-electron chi connectivity index (χ0n) is 13.7. The van der Waals surface area contributed by atoms with Gasteiger partial charge in [0.2, 0.25) is 0 Å². The average molecular weight is 385 g/mol. The summed E-state index contributed by atoms with van der Waals surface area (Å²) in [7, 11) is 0. The van der Waals surface area contributed by atoms with E-state index in [1.54, 1.807) is 12.1 Å². The van der Waals surface area contributed by atoms with Crippen LogP contribution in [0.5, 0.6) is 0 Å². The summed E-state index contributed by atoms with van der Waals surface area (Å²) < 4.78 is 14.3.